The van der Waals surface area contributed by atoms with Crippen LogP contribution in [0.4, 0.5) is 0 Å². The van der Waals surface area contributed by atoms with Gasteiger partial charge in [0, 0.05) is 11.3 Å². The molecule has 0 aliphatic carbocycles. The minimum absolute atomic E-state index is 0.372. The lowest BCUT2D eigenvalue weighted by atomic mass is 10.1. The van der Waals surface area contributed by atoms with E-state index in [1.54, 1.807) is 0 Å². The van der Waals surface area contributed by atoms with Gasteiger partial charge in [0.1, 0.15) is 0 Å². The molecule has 0 aliphatic heterocycles. The number of hydrogen-bond donors (Lipinski definition) is 1. The van der Waals surface area contributed by atoms with Crippen molar-refractivity contribution in [2.75, 3.05) is 0 Å². The molecule has 0 radical (unpaired) electrons. The van der Waals surface area contributed by atoms with E-state index >= 15 is 0 Å². The van der Waals surface area contributed by atoms with E-state index in [0.717, 1.165) is 36.2 Å². The second-order valence-corrected chi connectivity index (χ2v) is 4.42. The first kappa shape index (κ1) is 13.2. The molecule has 0 aromatic carbocycles. The van der Waals surface area contributed by atoms with Gasteiger partial charge in [-0.05, 0) is 33.1 Å². The van der Waals surface area contributed by atoms with Crippen LogP contribution in [0.5, 0.6) is 0 Å². The maximum atomic E-state index is 9.98. The molecule has 1 rings (SSSR count). The smallest absolute Gasteiger partial charge is 0.0823 e. The standard InChI is InChI=1S/C13H24N2O/c1-6-11(7-2)15-10(5)13(9(4)14-15)12(16)8-3/h11-12,16H,6-8H2,1-5H3. The first-order valence-corrected chi connectivity index (χ1v) is 6.30. The summed E-state index contributed by atoms with van der Waals surface area (Å²) in [6, 6.07) is 0.455. The predicted molar refractivity (Wildman–Crippen MR) is 66.6 cm³/mol. The number of aryl methyl sites for hydroxylation is 1. The van der Waals surface area contributed by atoms with Crippen molar-refractivity contribution in [2.24, 2.45) is 0 Å². The van der Waals surface area contributed by atoms with E-state index in [1.165, 1.54) is 0 Å². The lowest BCUT2D eigenvalue weighted by Crippen LogP contribution is -2.11. The highest BCUT2D eigenvalue weighted by Gasteiger charge is 2.20. The van der Waals surface area contributed by atoms with E-state index in [4.69, 9.17) is 0 Å². The monoisotopic (exact) mass is 224 g/mol. The Bertz CT molecular complexity index is 340. The summed E-state index contributed by atoms with van der Waals surface area (Å²) in [6.07, 6.45) is 2.54. The maximum Gasteiger partial charge on any atom is 0.0823 e. The highest BCUT2D eigenvalue weighted by atomic mass is 16.3. The predicted octanol–water partition coefficient (Wildman–Crippen LogP) is 3.30. The Balaban J connectivity index is 3.15. The third kappa shape index (κ3) is 2.29. The number of aliphatic hydroxyl groups excluding tert-OH is 1. The highest BCUT2D eigenvalue weighted by molar-refractivity contribution is 5.27. The molecule has 0 saturated carbocycles. The molecule has 1 atom stereocenters. The van der Waals surface area contributed by atoms with Crippen LogP contribution in [0.25, 0.3) is 0 Å². The van der Waals surface area contributed by atoms with Crippen LogP contribution in [0.2, 0.25) is 0 Å². The van der Waals surface area contributed by atoms with Crippen LogP contribution in [0.15, 0.2) is 0 Å². The van der Waals surface area contributed by atoms with Crippen molar-refractivity contribution in [1.82, 2.24) is 9.78 Å². The Morgan fingerprint density at radius 2 is 1.69 bits per heavy atom. The molecule has 1 aromatic rings. The van der Waals surface area contributed by atoms with Crippen molar-refractivity contribution in [3.8, 4) is 0 Å². The summed E-state index contributed by atoms with van der Waals surface area (Å²) in [5.74, 6) is 0. The molecule has 92 valence electrons. The summed E-state index contributed by atoms with van der Waals surface area (Å²) in [5, 5.41) is 14.6. The van der Waals surface area contributed by atoms with E-state index in [0.29, 0.717) is 6.04 Å². The summed E-state index contributed by atoms with van der Waals surface area (Å²) in [6.45, 7) is 10.4. The molecular weight excluding hydrogens is 200 g/mol. The first-order valence-electron chi connectivity index (χ1n) is 6.30. The number of aromatic nitrogens is 2. The summed E-state index contributed by atoms with van der Waals surface area (Å²) >= 11 is 0. The van der Waals surface area contributed by atoms with Crippen molar-refractivity contribution in [1.29, 1.82) is 0 Å². The lowest BCUT2D eigenvalue weighted by molar-refractivity contribution is 0.172. The van der Waals surface area contributed by atoms with Crippen LogP contribution < -0.4 is 0 Å². The summed E-state index contributed by atoms with van der Waals surface area (Å²) in [4.78, 5) is 0. The van der Waals surface area contributed by atoms with Gasteiger partial charge in [-0.1, -0.05) is 20.8 Å². The molecule has 0 fully saturated rings. The molecule has 1 unspecified atom stereocenters. The normalized spacial score (nSPS) is 13.4. The van der Waals surface area contributed by atoms with E-state index in [1.807, 2.05) is 13.8 Å². The molecule has 3 heteroatoms. The zero-order valence-corrected chi connectivity index (χ0v) is 11.1. The Labute approximate surface area is 98.5 Å². The van der Waals surface area contributed by atoms with Gasteiger partial charge < -0.3 is 5.11 Å². The highest BCUT2D eigenvalue weighted by Crippen LogP contribution is 2.27. The fourth-order valence-electron chi connectivity index (χ4n) is 2.35. The third-order valence-electron chi connectivity index (χ3n) is 3.39. The number of rotatable bonds is 5. The molecule has 0 bridgehead atoms. The van der Waals surface area contributed by atoms with Crippen molar-refractivity contribution in [3.63, 3.8) is 0 Å². The molecular formula is C13H24N2O. The molecule has 1 N–H and O–H groups in total. The number of hydrogen-bond acceptors (Lipinski definition) is 2. The topological polar surface area (TPSA) is 38.1 Å². The van der Waals surface area contributed by atoms with E-state index < -0.39 is 0 Å². The molecule has 16 heavy (non-hydrogen) atoms. The molecule has 3 nitrogen and oxygen atoms in total. The van der Waals surface area contributed by atoms with Gasteiger partial charge in [-0.2, -0.15) is 5.10 Å². The second-order valence-electron chi connectivity index (χ2n) is 4.42. The fourth-order valence-corrected chi connectivity index (χ4v) is 2.35. The van der Waals surface area contributed by atoms with Gasteiger partial charge in [0.15, 0.2) is 0 Å². The van der Waals surface area contributed by atoms with Crippen LogP contribution in [-0.2, 0) is 0 Å². The summed E-state index contributed by atoms with van der Waals surface area (Å²) < 4.78 is 2.09. The Kier molecular flexibility index (Phi) is 4.54. The van der Waals surface area contributed by atoms with Gasteiger partial charge in [-0.15, -0.1) is 0 Å². The minimum atomic E-state index is -0.372. The van der Waals surface area contributed by atoms with E-state index in [-0.39, 0.29) is 6.10 Å². The number of aliphatic hydroxyl groups is 1. The van der Waals surface area contributed by atoms with E-state index in [9.17, 15) is 5.11 Å². The number of nitrogens with zero attached hydrogens (tertiary/aromatic N) is 2. The van der Waals surface area contributed by atoms with E-state index in [2.05, 4.69) is 30.6 Å². The Morgan fingerprint density at radius 3 is 2.12 bits per heavy atom. The fraction of sp³-hybridized carbons (Fsp3) is 0.769. The van der Waals surface area contributed by atoms with Gasteiger partial charge in [-0.3, -0.25) is 4.68 Å². The van der Waals surface area contributed by atoms with Gasteiger partial charge in [0.2, 0.25) is 0 Å². The first-order chi connectivity index (χ1) is 7.56. The third-order valence-corrected chi connectivity index (χ3v) is 3.39. The largest absolute Gasteiger partial charge is 0.388 e. The van der Waals surface area contributed by atoms with Gasteiger partial charge in [-0.25, -0.2) is 0 Å². The van der Waals surface area contributed by atoms with Crippen LogP contribution in [0.1, 0.15) is 69.1 Å². The molecule has 0 aliphatic rings. The average molecular weight is 224 g/mol. The second kappa shape index (κ2) is 5.48. The van der Waals surface area contributed by atoms with Crippen molar-refractivity contribution in [2.45, 2.75) is 66.0 Å². The molecule has 1 aromatic heterocycles. The molecule has 0 amide bonds. The summed E-state index contributed by atoms with van der Waals surface area (Å²) in [5.41, 5.74) is 3.12. The lowest BCUT2D eigenvalue weighted by Gasteiger charge is -2.16. The van der Waals surface area contributed by atoms with Crippen LogP contribution in [0.3, 0.4) is 0 Å². The van der Waals surface area contributed by atoms with Gasteiger partial charge in [0.25, 0.3) is 0 Å². The molecule has 0 spiro atoms. The Hall–Kier alpha value is -0.830. The zero-order valence-electron chi connectivity index (χ0n) is 11.1. The average Bonchev–Trinajstić information content (AvgIpc) is 2.56. The van der Waals surface area contributed by atoms with Gasteiger partial charge >= 0.3 is 0 Å². The zero-order chi connectivity index (χ0) is 12.3. The van der Waals surface area contributed by atoms with Crippen molar-refractivity contribution in [3.05, 3.63) is 17.0 Å². The van der Waals surface area contributed by atoms with Gasteiger partial charge in [0.05, 0.1) is 17.8 Å². The SMILES string of the molecule is CCC(O)c1c(C)nn(C(CC)CC)c1C. The maximum absolute atomic E-state index is 9.98. The quantitative estimate of drug-likeness (QED) is 0.833. The van der Waals surface area contributed by atoms with Crippen LogP contribution >= 0.6 is 0 Å². The summed E-state index contributed by atoms with van der Waals surface area (Å²) in [7, 11) is 0. The Morgan fingerprint density at radius 1 is 1.12 bits per heavy atom. The van der Waals surface area contributed by atoms with Crippen molar-refractivity contribution < 1.29 is 5.11 Å². The van der Waals surface area contributed by atoms with Crippen LogP contribution in [-0.4, -0.2) is 14.9 Å². The molecule has 0 saturated heterocycles. The van der Waals surface area contributed by atoms with Crippen LogP contribution in [0, 0.1) is 13.8 Å². The molecule has 1 heterocycles. The van der Waals surface area contributed by atoms with Crippen molar-refractivity contribution >= 4 is 0 Å². The minimum Gasteiger partial charge on any atom is -0.388 e.